The molecule has 0 bridgehead atoms. The van der Waals surface area contributed by atoms with E-state index in [1.165, 1.54) is 12.1 Å². The van der Waals surface area contributed by atoms with E-state index in [9.17, 15) is 4.39 Å². The maximum atomic E-state index is 12.7. The van der Waals surface area contributed by atoms with Crippen LogP contribution >= 0.6 is 0 Å². The highest BCUT2D eigenvalue weighted by atomic mass is 19.1. The molecular formula is C14H22FN3O. The van der Waals surface area contributed by atoms with Crippen LogP contribution in [0, 0.1) is 11.7 Å². The lowest BCUT2D eigenvalue weighted by atomic mass is 10.2. The summed E-state index contributed by atoms with van der Waals surface area (Å²) in [6.07, 6.45) is 0.801. The van der Waals surface area contributed by atoms with Crippen LogP contribution in [0.3, 0.4) is 0 Å². The van der Waals surface area contributed by atoms with Crippen molar-refractivity contribution in [2.45, 2.75) is 20.3 Å². The van der Waals surface area contributed by atoms with Gasteiger partial charge in [0.15, 0.2) is 5.96 Å². The summed E-state index contributed by atoms with van der Waals surface area (Å²) in [5, 5.41) is 3.02. The topological polar surface area (TPSA) is 59.6 Å². The normalized spacial score (nSPS) is 11.7. The van der Waals surface area contributed by atoms with E-state index in [1.54, 1.807) is 12.1 Å². The fourth-order valence-electron chi connectivity index (χ4n) is 1.35. The van der Waals surface area contributed by atoms with Gasteiger partial charge in [0.05, 0.1) is 6.61 Å². The number of rotatable bonds is 7. The van der Waals surface area contributed by atoms with Crippen molar-refractivity contribution in [2.75, 3.05) is 19.7 Å². The van der Waals surface area contributed by atoms with Crippen molar-refractivity contribution in [1.82, 2.24) is 5.32 Å². The number of hydrogen-bond acceptors (Lipinski definition) is 2. The summed E-state index contributed by atoms with van der Waals surface area (Å²) in [5.41, 5.74) is 5.69. The van der Waals surface area contributed by atoms with Crippen LogP contribution in [0.4, 0.5) is 4.39 Å². The molecule has 0 saturated heterocycles. The van der Waals surface area contributed by atoms with Crippen molar-refractivity contribution >= 4 is 5.96 Å². The molecule has 5 heteroatoms. The van der Waals surface area contributed by atoms with E-state index in [2.05, 4.69) is 24.2 Å². The van der Waals surface area contributed by atoms with Gasteiger partial charge >= 0.3 is 0 Å². The van der Waals surface area contributed by atoms with Gasteiger partial charge < -0.3 is 15.8 Å². The number of halogens is 1. The number of hydrogen-bond donors (Lipinski definition) is 2. The molecule has 0 fully saturated rings. The first-order valence-electron chi connectivity index (χ1n) is 6.50. The molecule has 0 atom stereocenters. The van der Waals surface area contributed by atoms with E-state index >= 15 is 0 Å². The van der Waals surface area contributed by atoms with Crippen molar-refractivity contribution in [3.8, 4) is 5.75 Å². The third kappa shape index (κ3) is 7.28. The Hall–Kier alpha value is -1.78. The van der Waals surface area contributed by atoms with Crippen molar-refractivity contribution in [2.24, 2.45) is 16.6 Å². The zero-order valence-electron chi connectivity index (χ0n) is 11.5. The zero-order chi connectivity index (χ0) is 14.1. The fraction of sp³-hybridized carbons (Fsp3) is 0.500. The molecule has 0 unspecified atom stereocenters. The van der Waals surface area contributed by atoms with Gasteiger partial charge in [-0.25, -0.2) is 4.39 Å². The molecule has 0 heterocycles. The SMILES string of the molecule is CC(C)CN=C(N)NCCCOc1ccc(F)cc1. The molecule has 0 saturated carbocycles. The van der Waals surface area contributed by atoms with Crippen LogP contribution < -0.4 is 15.8 Å². The van der Waals surface area contributed by atoms with E-state index < -0.39 is 0 Å². The zero-order valence-corrected chi connectivity index (χ0v) is 11.5. The quantitative estimate of drug-likeness (QED) is 0.452. The molecule has 106 valence electrons. The molecule has 0 radical (unpaired) electrons. The van der Waals surface area contributed by atoms with E-state index in [0.29, 0.717) is 30.8 Å². The van der Waals surface area contributed by atoms with Crippen LogP contribution in [0.15, 0.2) is 29.3 Å². The number of nitrogens with two attached hydrogens (primary N) is 1. The molecule has 0 aromatic heterocycles. The first kappa shape index (κ1) is 15.3. The molecule has 1 aromatic rings. The summed E-state index contributed by atoms with van der Waals surface area (Å²) in [6.45, 7) is 6.16. The van der Waals surface area contributed by atoms with Crippen molar-refractivity contribution in [3.05, 3.63) is 30.1 Å². The van der Waals surface area contributed by atoms with Crippen LogP contribution in [-0.4, -0.2) is 25.7 Å². The number of benzene rings is 1. The Balaban J connectivity index is 2.11. The van der Waals surface area contributed by atoms with Gasteiger partial charge in [0.1, 0.15) is 11.6 Å². The molecular weight excluding hydrogens is 245 g/mol. The highest BCUT2D eigenvalue weighted by molar-refractivity contribution is 5.77. The Morgan fingerprint density at radius 2 is 2.05 bits per heavy atom. The summed E-state index contributed by atoms with van der Waals surface area (Å²) < 4.78 is 18.1. The largest absolute Gasteiger partial charge is 0.494 e. The first-order valence-corrected chi connectivity index (χ1v) is 6.50. The molecule has 4 nitrogen and oxygen atoms in total. The average Bonchev–Trinajstić information content (AvgIpc) is 2.38. The number of aliphatic imine (C=N–C) groups is 1. The molecule has 1 aromatic carbocycles. The number of nitrogens with one attached hydrogen (secondary N) is 1. The molecule has 0 spiro atoms. The Labute approximate surface area is 113 Å². The minimum absolute atomic E-state index is 0.261. The molecule has 1 rings (SSSR count). The van der Waals surface area contributed by atoms with E-state index in [1.807, 2.05) is 0 Å². The minimum atomic E-state index is -0.261. The summed E-state index contributed by atoms with van der Waals surface area (Å²) in [7, 11) is 0. The highest BCUT2D eigenvalue weighted by Gasteiger charge is 1.96. The smallest absolute Gasteiger partial charge is 0.188 e. The van der Waals surface area contributed by atoms with Gasteiger partial charge in [0.2, 0.25) is 0 Å². The summed E-state index contributed by atoms with van der Waals surface area (Å²) in [4.78, 5) is 4.19. The van der Waals surface area contributed by atoms with E-state index in [0.717, 1.165) is 13.0 Å². The van der Waals surface area contributed by atoms with Crippen LogP contribution in [0.1, 0.15) is 20.3 Å². The first-order chi connectivity index (χ1) is 9.08. The van der Waals surface area contributed by atoms with Crippen LogP contribution in [0.25, 0.3) is 0 Å². The summed E-state index contributed by atoms with van der Waals surface area (Å²) in [5.74, 6) is 1.38. The lowest BCUT2D eigenvalue weighted by Gasteiger charge is -2.08. The van der Waals surface area contributed by atoms with Gasteiger partial charge in [-0.15, -0.1) is 0 Å². The van der Waals surface area contributed by atoms with Gasteiger partial charge in [-0.2, -0.15) is 0 Å². The summed E-state index contributed by atoms with van der Waals surface area (Å²) >= 11 is 0. The van der Waals surface area contributed by atoms with Crippen LogP contribution in [0.2, 0.25) is 0 Å². The monoisotopic (exact) mass is 267 g/mol. The van der Waals surface area contributed by atoms with Crippen molar-refractivity contribution in [3.63, 3.8) is 0 Å². The second kappa shape index (κ2) is 8.34. The van der Waals surface area contributed by atoms with Crippen molar-refractivity contribution < 1.29 is 9.13 Å². The predicted octanol–water partition coefficient (Wildman–Crippen LogP) is 2.15. The molecule has 0 amide bonds. The van der Waals surface area contributed by atoms with E-state index in [-0.39, 0.29) is 5.82 Å². The van der Waals surface area contributed by atoms with Crippen LogP contribution in [-0.2, 0) is 0 Å². The standard InChI is InChI=1S/C14H22FN3O/c1-11(2)10-18-14(16)17-8-3-9-19-13-6-4-12(15)5-7-13/h4-7,11H,3,8-10H2,1-2H3,(H3,16,17,18). The van der Waals surface area contributed by atoms with Gasteiger partial charge in [-0.1, -0.05) is 13.8 Å². The third-order valence-electron chi connectivity index (χ3n) is 2.34. The lowest BCUT2D eigenvalue weighted by molar-refractivity contribution is 0.311. The molecule has 19 heavy (non-hydrogen) atoms. The Kier molecular flexibility index (Phi) is 6.71. The molecule has 0 aliphatic rings. The number of ether oxygens (including phenoxy) is 1. The van der Waals surface area contributed by atoms with Gasteiger partial charge in [0, 0.05) is 13.1 Å². The maximum absolute atomic E-state index is 12.7. The maximum Gasteiger partial charge on any atom is 0.188 e. The average molecular weight is 267 g/mol. The second-order valence-corrected chi connectivity index (χ2v) is 4.70. The predicted molar refractivity (Wildman–Crippen MR) is 75.8 cm³/mol. The Morgan fingerprint density at radius 1 is 1.37 bits per heavy atom. The Morgan fingerprint density at radius 3 is 2.68 bits per heavy atom. The molecule has 0 aliphatic heterocycles. The second-order valence-electron chi connectivity index (χ2n) is 4.70. The van der Waals surface area contributed by atoms with Gasteiger partial charge in [-0.3, -0.25) is 4.99 Å². The Bertz CT molecular complexity index is 390. The minimum Gasteiger partial charge on any atom is -0.494 e. The van der Waals surface area contributed by atoms with Crippen LogP contribution in [0.5, 0.6) is 5.75 Å². The highest BCUT2D eigenvalue weighted by Crippen LogP contribution is 2.10. The third-order valence-corrected chi connectivity index (χ3v) is 2.34. The number of guanidine groups is 1. The fourth-order valence-corrected chi connectivity index (χ4v) is 1.35. The molecule has 3 N–H and O–H groups in total. The van der Waals surface area contributed by atoms with Gasteiger partial charge in [-0.05, 0) is 36.6 Å². The number of nitrogens with zero attached hydrogens (tertiary/aromatic N) is 1. The molecule has 0 aliphatic carbocycles. The van der Waals surface area contributed by atoms with Gasteiger partial charge in [0.25, 0.3) is 0 Å². The lowest BCUT2D eigenvalue weighted by Crippen LogP contribution is -2.33. The summed E-state index contributed by atoms with van der Waals surface area (Å²) in [6, 6.07) is 5.98. The van der Waals surface area contributed by atoms with E-state index in [4.69, 9.17) is 10.5 Å². The van der Waals surface area contributed by atoms with Crippen molar-refractivity contribution in [1.29, 1.82) is 0 Å².